The summed E-state index contributed by atoms with van der Waals surface area (Å²) >= 11 is 1.36. The van der Waals surface area contributed by atoms with Crippen LogP contribution in [0.15, 0.2) is 54.0 Å². The number of aromatic nitrogens is 1. The van der Waals surface area contributed by atoms with E-state index in [1.54, 1.807) is 16.5 Å². The zero-order chi connectivity index (χ0) is 19.1. The van der Waals surface area contributed by atoms with Crippen LogP contribution in [0, 0.1) is 0 Å². The molecule has 3 aromatic rings. The number of hydrogen-bond acceptors (Lipinski definition) is 4. The summed E-state index contributed by atoms with van der Waals surface area (Å²) in [5.41, 5.74) is 0.604. The SMILES string of the molecule is CCCCCN(CC(=O)Nc1nccs1)C(=O)c1ccc2ccccc2c1. The van der Waals surface area contributed by atoms with E-state index in [1.807, 2.05) is 42.5 Å². The summed E-state index contributed by atoms with van der Waals surface area (Å²) in [7, 11) is 0. The number of carbonyl (C=O) groups excluding carboxylic acids is 2. The summed E-state index contributed by atoms with van der Waals surface area (Å²) < 4.78 is 0. The number of carbonyl (C=O) groups is 2. The number of amides is 2. The van der Waals surface area contributed by atoms with Gasteiger partial charge in [-0.05, 0) is 29.3 Å². The number of fused-ring (bicyclic) bond motifs is 1. The molecule has 0 spiro atoms. The number of rotatable bonds is 8. The van der Waals surface area contributed by atoms with Crippen molar-refractivity contribution in [1.82, 2.24) is 9.88 Å². The van der Waals surface area contributed by atoms with Gasteiger partial charge in [0, 0.05) is 23.7 Å². The van der Waals surface area contributed by atoms with Crippen molar-refractivity contribution in [2.24, 2.45) is 0 Å². The maximum atomic E-state index is 13.1. The number of hydrogen-bond donors (Lipinski definition) is 1. The molecule has 1 aromatic heterocycles. The molecule has 0 aliphatic carbocycles. The Labute approximate surface area is 163 Å². The summed E-state index contributed by atoms with van der Waals surface area (Å²) in [6.07, 6.45) is 4.60. The molecule has 0 aliphatic rings. The van der Waals surface area contributed by atoms with Crippen molar-refractivity contribution in [1.29, 1.82) is 0 Å². The van der Waals surface area contributed by atoms with Gasteiger partial charge in [-0.1, -0.05) is 50.1 Å². The summed E-state index contributed by atoms with van der Waals surface area (Å²) in [4.78, 5) is 31.1. The number of thiazole rings is 1. The smallest absolute Gasteiger partial charge is 0.254 e. The Morgan fingerprint density at radius 1 is 1.11 bits per heavy atom. The van der Waals surface area contributed by atoms with Crippen LogP contribution >= 0.6 is 11.3 Å². The van der Waals surface area contributed by atoms with E-state index < -0.39 is 0 Å². The van der Waals surface area contributed by atoms with Gasteiger partial charge in [0.25, 0.3) is 5.91 Å². The van der Waals surface area contributed by atoms with E-state index in [-0.39, 0.29) is 18.4 Å². The van der Waals surface area contributed by atoms with Crippen LogP contribution in [0.4, 0.5) is 5.13 Å². The molecule has 2 aromatic carbocycles. The molecular formula is C21H23N3O2S. The summed E-state index contributed by atoms with van der Waals surface area (Å²) in [6, 6.07) is 13.6. The third-order valence-corrected chi connectivity index (χ3v) is 5.02. The second-order valence-corrected chi connectivity index (χ2v) is 7.28. The van der Waals surface area contributed by atoms with E-state index in [0.717, 1.165) is 30.0 Å². The fourth-order valence-electron chi connectivity index (χ4n) is 2.93. The summed E-state index contributed by atoms with van der Waals surface area (Å²) in [5, 5.41) is 7.21. The molecule has 5 nitrogen and oxygen atoms in total. The minimum atomic E-state index is -0.226. The maximum Gasteiger partial charge on any atom is 0.254 e. The number of unbranched alkanes of at least 4 members (excludes halogenated alkanes) is 2. The van der Waals surface area contributed by atoms with E-state index in [4.69, 9.17) is 0 Å². The van der Waals surface area contributed by atoms with Gasteiger partial charge in [0.05, 0.1) is 0 Å². The quantitative estimate of drug-likeness (QED) is 0.582. The fraction of sp³-hybridized carbons (Fsp3) is 0.286. The van der Waals surface area contributed by atoms with Crippen LogP contribution in [0.25, 0.3) is 10.8 Å². The highest BCUT2D eigenvalue weighted by Crippen LogP contribution is 2.17. The molecule has 140 valence electrons. The van der Waals surface area contributed by atoms with E-state index >= 15 is 0 Å². The molecule has 0 saturated carbocycles. The number of anilines is 1. The topological polar surface area (TPSA) is 62.3 Å². The number of benzene rings is 2. The zero-order valence-corrected chi connectivity index (χ0v) is 16.2. The second-order valence-electron chi connectivity index (χ2n) is 6.38. The first-order valence-electron chi connectivity index (χ1n) is 9.15. The molecule has 0 atom stereocenters. The Kier molecular flexibility index (Phi) is 6.54. The van der Waals surface area contributed by atoms with Gasteiger partial charge < -0.3 is 10.2 Å². The molecule has 3 rings (SSSR count). The van der Waals surface area contributed by atoms with E-state index in [2.05, 4.69) is 17.2 Å². The van der Waals surface area contributed by atoms with Crippen LogP contribution in [0.5, 0.6) is 0 Å². The Balaban J connectivity index is 1.75. The molecule has 0 radical (unpaired) electrons. The molecule has 0 bridgehead atoms. The lowest BCUT2D eigenvalue weighted by Crippen LogP contribution is -2.38. The van der Waals surface area contributed by atoms with Crippen molar-refractivity contribution < 1.29 is 9.59 Å². The van der Waals surface area contributed by atoms with Crippen LogP contribution in [0.2, 0.25) is 0 Å². The number of nitrogens with one attached hydrogen (secondary N) is 1. The highest BCUT2D eigenvalue weighted by molar-refractivity contribution is 7.13. The van der Waals surface area contributed by atoms with E-state index in [0.29, 0.717) is 17.2 Å². The molecule has 0 saturated heterocycles. The average molecular weight is 382 g/mol. The minimum absolute atomic E-state index is 0.0228. The van der Waals surface area contributed by atoms with Crippen molar-refractivity contribution >= 4 is 39.1 Å². The molecular weight excluding hydrogens is 358 g/mol. The largest absolute Gasteiger partial charge is 0.329 e. The lowest BCUT2D eigenvalue weighted by atomic mass is 10.1. The second kappa shape index (κ2) is 9.28. The van der Waals surface area contributed by atoms with Gasteiger partial charge in [0.2, 0.25) is 5.91 Å². The third kappa shape index (κ3) is 5.14. The van der Waals surface area contributed by atoms with Gasteiger partial charge in [-0.3, -0.25) is 9.59 Å². The molecule has 0 aliphatic heterocycles. The molecule has 0 unspecified atom stereocenters. The predicted molar refractivity (Wildman–Crippen MR) is 110 cm³/mol. The molecule has 27 heavy (non-hydrogen) atoms. The van der Waals surface area contributed by atoms with Crippen molar-refractivity contribution in [3.63, 3.8) is 0 Å². The van der Waals surface area contributed by atoms with Crippen molar-refractivity contribution in [2.45, 2.75) is 26.2 Å². The summed E-state index contributed by atoms with van der Waals surface area (Å²) in [5.74, 6) is -0.346. The first-order valence-corrected chi connectivity index (χ1v) is 10.0. The molecule has 1 heterocycles. The van der Waals surface area contributed by atoms with Gasteiger partial charge in [0.1, 0.15) is 6.54 Å². The maximum absolute atomic E-state index is 13.1. The van der Waals surface area contributed by atoms with E-state index in [1.165, 1.54) is 11.3 Å². The van der Waals surface area contributed by atoms with Crippen molar-refractivity contribution in [3.05, 3.63) is 59.6 Å². The van der Waals surface area contributed by atoms with Gasteiger partial charge in [-0.2, -0.15) is 0 Å². The Bertz CT molecular complexity index is 909. The molecule has 1 N–H and O–H groups in total. The number of nitrogens with zero attached hydrogens (tertiary/aromatic N) is 2. The van der Waals surface area contributed by atoms with Gasteiger partial charge >= 0.3 is 0 Å². The minimum Gasteiger partial charge on any atom is -0.329 e. The van der Waals surface area contributed by atoms with Gasteiger partial charge in [-0.25, -0.2) is 4.98 Å². The Hall–Kier alpha value is -2.73. The highest BCUT2D eigenvalue weighted by Gasteiger charge is 2.19. The average Bonchev–Trinajstić information content (AvgIpc) is 3.19. The Morgan fingerprint density at radius 2 is 1.93 bits per heavy atom. The molecule has 0 fully saturated rings. The monoisotopic (exact) mass is 381 g/mol. The van der Waals surface area contributed by atoms with Crippen LogP contribution < -0.4 is 5.32 Å². The van der Waals surface area contributed by atoms with Gasteiger partial charge in [-0.15, -0.1) is 11.3 Å². The lowest BCUT2D eigenvalue weighted by molar-refractivity contribution is -0.116. The van der Waals surface area contributed by atoms with E-state index in [9.17, 15) is 9.59 Å². The Morgan fingerprint density at radius 3 is 2.67 bits per heavy atom. The van der Waals surface area contributed by atoms with Gasteiger partial charge in [0.15, 0.2) is 5.13 Å². The fourth-order valence-corrected chi connectivity index (χ4v) is 3.47. The standard InChI is InChI=1S/C21H23N3O2S/c1-2-3-6-12-24(15-19(25)23-21-22-11-13-27-21)20(26)18-10-9-16-7-4-5-8-17(16)14-18/h4-5,7-11,13-14H,2-3,6,12,15H2,1H3,(H,22,23,25). The first kappa shape index (κ1) is 19.0. The van der Waals surface area contributed by atoms with Crippen LogP contribution in [-0.2, 0) is 4.79 Å². The third-order valence-electron chi connectivity index (χ3n) is 4.33. The summed E-state index contributed by atoms with van der Waals surface area (Å²) in [6.45, 7) is 2.70. The lowest BCUT2D eigenvalue weighted by Gasteiger charge is -2.22. The van der Waals surface area contributed by atoms with Crippen LogP contribution in [0.3, 0.4) is 0 Å². The van der Waals surface area contributed by atoms with Crippen LogP contribution in [0.1, 0.15) is 36.5 Å². The van der Waals surface area contributed by atoms with Crippen molar-refractivity contribution in [3.8, 4) is 0 Å². The predicted octanol–water partition coefficient (Wildman–Crippen LogP) is 4.57. The normalized spacial score (nSPS) is 10.7. The molecule has 2 amide bonds. The van der Waals surface area contributed by atoms with Crippen molar-refractivity contribution in [2.75, 3.05) is 18.4 Å². The first-order chi connectivity index (χ1) is 13.2. The molecule has 6 heteroatoms. The van der Waals surface area contributed by atoms with Crippen LogP contribution in [-0.4, -0.2) is 34.8 Å². The zero-order valence-electron chi connectivity index (χ0n) is 15.4. The highest BCUT2D eigenvalue weighted by atomic mass is 32.1.